The number of carbonyl (C=O) groups is 1. The lowest BCUT2D eigenvalue weighted by Crippen LogP contribution is -2.32. The fourth-order valence-electron chi connectivity index (χ4n) is 1.66. The predicted octanol–water partition coefficient (Wildman–Crippen LogP) is 2.37. The molecule has 0 saturated heterocycles. The van der Waals surface area contributed by atoms with E-state index in [1.54, 1.807) is 13.8 Å². The first kappa shape index (κ1) is 14.4. The van der Waals surface area contributed by atoms with Crippen LogP contribution in [0.3, 0.4) is 0 Å². The molecule has 90 valence electrons. The fraction of sp³-hybridized carbons (Fsp3) is 0.917. The summed E-state index contributed by atoms with van der Waals surface area (Å²) in [6.45, 7) is 11.5. The fourth-order valence-corrected chi connectivity index (χ4v) is 1.66. The van der Waals surface area contributed by atoms with E-state index in [4.69, 9.17) is 4.74 Å². The Kier molecular flexibility index (Phi) is 4.78. The number of rotatable bonds is 5. The van der Waals surface area contributed by atoms with Crippen LogP contribution in [0.1, 0.15) is 48.0 Å². The first-order valence-corrected chi connectivity index (χ1v) is 5.42. The Morgan fingerprint density at radius 3 is 2.07 bits per heavy atom. The van der Waals surface area contributed by atoms with Crippen LogP contribution in [0.5, 0.6) is 0 Å². The minimum Gasteiger partial charge on any atom is -0.465 e. The quantitative estimate of drug-likeness (QED) is 0.718. The molecule has 0 aromatic carbocycles. The van der Waals surface area contributed by atoms with Gasteiger partial charge >= 0.3 is 5.97 Å². The Morgan fingerprint density at radius 1 is 1.27 bits per heavy atom. The normalized spacial score (nSPS) is 13.1. The maximum Gasteiger partial charge on any atom is 0.308 e. The van der Waals surface area contributed by atoms with E-state index < -0.39 is 5.60 Å². The van der Waals surface area contributed by atoms with Crippen LogP contribution in [0.15, 0.2) is 0 Å². The number of carbonyl (C=O) groups excluding carboxylic acids is 1. The average molecular weight is 216 g/mol. The number of aliphatic hydroxyl groups is 1. The van der Waals surface area contributed by atoms with Gasteiger partial charge in [-0.15, -0.1) is 0 Å². The summed E-state index contributed by atoms with van der Waals surface area (Å²) in [5.41, 5.74) is -0.920. The Hall–Kier alpha value is -0.570. The average Bonchev–Trinajstić information content (AvgIpc) is 1.95. The number of ether oxygens (including phenoxy) is 1. The van der Waals surface area contributed by atoms with Crippen molar-refractivity contribution in [1.82, 2.24) is 0 Å². The van der Waals surface area contributed by atoms with Crippen LogP contribution in [0.25, 0.3) is 0 Å². The van der Waals surface area contributed by atoms with Gasteiger partial charge in [-0.3, -0.25) is 4.79 Å². The number of hydrogen-bond donors (Lipinski definition) is 1. The molecule has 0 spiro atoms. The summed E-state index contributed by atoms with van der Waals surface area (Å²) in [6, 6.07) is 0. The Bertz CT molecular complexity index is 211. The molecule has 0 aliphatic carbocycles. The molecule has 0 aliphatic heterocycles. The molecule has 0 saturated carbocycles. The molecule has 0 amide bonds. The van der Waals surface area contributed by atoms with Crippen molar-refractivity contribution in [2.24, 2.45) is 11.3 Å². The SMILES string of the molecule is CC(C)C(=O)OCC(C)(C)CC(C)(C)O. The van der Waals surface area contributed by atoms with Crippen molar-refractivity contribution < 1.29 is 14.6 Å². The molecule has 0 rings (SSSR count). The highest BCUT2D eigenvalue weighted by Gasteiger charge is 2.28. The van der Waals surface area contributed by atoms with Gasteiger partial charge in [0, 0.05) is 5.41 Å². The highest BCUT2D eigenvalue weighted by atomic mass is 16.5. The van der Waals surface area contributed by atoms with Crippen LogP contribution >= 0.6 is 0 Å². The molecule has 15 heavy (non-hydrogen) atoms. The molecule has 0 heterocycles. The molecular weight excluding hydrogens is 192 g/mol. The van der Waals surface area contributed by atoms with Crippen molar-refractivity contribution in [1.29, 1.82) is 0 Å². The van der Waals surface area contributed by atoms with E-state index in [1.807, 2.05) is 27.7 Å². The van der Waals surface area contributed by atoms with Crippen molar-refractivity contribution in [3.05, 3.63) is 0 Å². The standard InChI is InChI=1S/C12H24O3/c1-9(2)10(13)15-8-11(3,4)7-12(5,6)14/h9,14H,7-8H2,1-6H3. The molecular formula is C12H24O3. The van der Waals surface area contributed by atoms with Crippen molar-refractivity contribution in [3.8, 4) is 0 Å². The van der Waals surface area contributed by atoms with Gasteiger partial charge in [0.15, 0.2) is 0 Å². The topological polar surface area (TPSA) is 46.5 Å². The van der Waals surface area contributed by atoms with E-state index in [0.717, 1.165) is 0 Å². The van der Waals surface area contributed by atoms with Crippen LogP contribution in [-0.2, 0) is 9.53 Å². The maximum absolute atomic E-state index is 11.3. The van der Waals surface area contributed by atoms with Crippen molar-refractivity contribution in [2.45, 2.75) is 53.6 Å². The Balaban J connectivity index is 4.10. The zero-order valence-corrected chi connectivity index (χ0v) is 10.8. The highest BCUT2D eigenvalue weighted by Crippen LogP contribution is 2.28. The molecule has 3 nitrogen and oxygen atoms in total. The Morgan fingerprint density at radius 2 is 1.73 bits per heavy atom. The second-order valence-corrected chi connectivity index (χ2v) is 5.92. The van der Waals surface area contributed by atoms with Crippen molar-refractivity contribution in [3.63, 3.8) is 0 Å². The summed E-state index contributed by atoms with van der Waals surface area (Å²) < 4.78 is 5.16. The molecule has 3 heteroatoms. The van der Waals surface area contributed by atoms with Gasteiger partial charge in [-0.05, 0) is 20.3 Å². The maximum atomic E-state index is 11.3. The van der Waals surface area contributed by atoms with Gasteiger partial charge in [0.05, 0.1) is 18.1 Å². The lowest BCUT2D eigenvalue weighted by Gasteiger charge is -2.31. The second kappa shape index (κ2) is 4.97. The molecule has 0 aromatic heterocycles. The van der Waals surface area contributed by atoms with Gasteiger partial charge in [0.2, 0.25) is 0 Å². The molecule has 0 atom stereocenters. The minimum absolute atomic E-state index is 0.0945. The first-order valence-electron chi connectivity index (χ1n) is 5.42. The van der Waals surface area contributed by atoms with E-state index >= 15 is 0 Å². The largest absolute Gasteiger partial charge is 0.465 e. The van der Waals surface area contributed by atoms with Gasteiger partial charge in [-0.1, -0.05) is 27.7 Å². The summed E-state index contributed by atoms with van der Waals surface area (Å²) >= 11 is 0. The summed E-state index contributed by atoms with van der Waals surface area (Å²) in [5, 5.41) is 9.69. The lowest BCUT2D eigenvalue weighted by atomic mass is 9.82. The third kappa shape index (κ3) is 7.37. The smallest absolute Gasteiger partial charge is 0.308 e. The summed E-state index contributed by atoms with van der Waals surface area (Å²) in [4.78, 5) is 11.3. The molecule has 0 aromatic rings. The van der Waals surface area contributed by atoms with Crippen molar-refractivity contribution >= 4 is 5.97 Å². The van der Waals surface area contributed by atoms with E-state index in [2.05, 4.69) is 0 Å². The molecule has 0 bridgehead atoms. The monoisotopic (exact) mass is 216 g/mol. The second-order valence-electron chi connectivity index (χ2n) is 5.92. The van der Waals surface area contributed by atoms with Crippen LogP contribution in [0, 0.1) is 11.3 Å². The van der Waals surface area contributed by atoms with Gasteiger partial charge < -0.3 is 9.84 Å². The van der Waals surface area contributed by atoms with E-state index in [-0.39, 0.29) is 17.3 Å². The van der Waals surface area contributed by atoms with Crippen LogP contribution in [-0.4, -0.2) is 23.3 Å². The molecule has 0 aliphatic rings. The first-order chi connectivity index (χ1) is 6.53. The zero-order chi connectivity index (χ0) is 12.3. The molecule has 0 fully saturated rings. The number of hydrogen-bond acceptors (Lipinski definition) is 3. The lowest BCUT2D eigenvalue weighted by molar-refractivity contribution is -0.151. The zero-order valence-electron chi connectivity index (χ0n) is 10.8. The molecule has 0 unspecified atom stereocenters. The molecule has 0 radical (unpaired) electrons. The Labute approximate surface area is 92.8 Å². The van der Waals surface area contributed by atoms with E-state index in [9.17, 15) is 9.90 Å². The van der Waals surface area contributed by atoms with Crippen LogP contribution < -0.4 is 0 Å². The predicted molar refractivity (Wildman–Crippen MR) is 60.5 cm³/mol. The summed E-state index contributed by atoms with van der Waals surface area (Å²) in [6.07, 6.45) is 0.603. The summed E-state index contributed by atoms with van der Waals surface area (Å²) in [5.74, 6) is -0.276. The van der Waals surface area contributed by atoms with E-state index in [1.165, 1.54) is 0 Å². The van der Waals surface area contributed by atoms with Gasteiger partial charge in [0.25, 0.3) is 0 Å². The van der Waals surface area contributed by atoms with Gasteiger partial charge in [-0.25, -0.2) is 0 Å². The van der Waals surface area contributed by atoms with Gasteiger partial charge in [-0.2, -0.15) is 0 Å². The number of esters is 1. The molecule has 1 N–H and O–H groups in total. The third-order valence-electron chi connectivity index (χ3n) is 1.99. The summed E-state index contributed by atoms with van der Waals surface area (Å²) in [7, 11) is 0. The minimum atomic E-state index is -0.728. The van der Waals surface area contributed by atoms with Crippen molar-refractivity contribution in [2.75, 3.05) is 6.61 Å². The van der Waals surface area contributed by atoms with E-state index in [0.29, 0.717) is 13.0 Å². The highest BCUT2D eigenvalue weighted by molar-refractivity contribution is 5.71. The van der Waals surface area contributed by atoms with Crippen LogP contribution in [0.2, 0.25) is 0 Å². The van der Waals surface area contributed by atoms with Crippen LogP contribution in [0.4, 0.5) is 0 Å². The van der Waals surface area contributed by atoms with Gasteiger partial charge in [0.1, 0.15) is 0 Å². The third-order valence-corrected chi connectivity index (χ3v) is 1.99.